The highest BCUT2D eigenvalue weighted by atomic mass is 15.1. The molecule has 1 aromatic carbocycles. The summed E-state index contributed by atoms with van der Waals surface area (Å²) in [6, 6.07) is 6.02. The van der Waals surface area contributed by atoms with Crippen LogP contribution in [0.3, 0.4) is 0 Å². The largest absolute Gasteiger partial charge is 0.399 e. The summed E-state index contributed by atoms with van der Waals surface area (Å²) < 4.78 is 2.35. The van der Waals surface area contributed by atoms with Crippen molar-refractivity contribution in [3.63, 3.8) is 0 Å². The van der Waals surface area contributed by atoms with Gasteiger partial charge in [0.2, 0.25) is 0 Å². The number of imidazole rings is 1. The fraction of sp³-hybridized carbons (Fsp3) is 0.533. The van der Waals surface area contributed by atoms with Crippen LogP contribution in [0.2, 0.25) is 0 Å². The number of nitrogens with zero attached hydrogens (tertiary/aromatic N) is 2. The van der Waals surface area contributed by atoms with E-state index in [9.17, 15) is 0 Å². The van der Waals surface area contributed by atoms with Crippen molar-refractivity contribution in [2.75, 3.05) is 5.73 Å². The van der Waals surface area contributed by atoms with Gasteiger partial charge < -0.3 is 10.3 Å². The van der Waals surface area contributed by atoms with Gasteiger partial charge in [-0.15, -0.1) is 0 Å². The zero-order chi connectivity index (χ0) is 13.3. The van der Waals surface area contributed by atoms with Gasteiger partial charge >= 0.3 is 0 Å². The minimum absolute atomic E-state index is 0.433. The minimum Gasteiger partial charge on any atom is -0.399 e. The molecular formula is C15H23N3. The molecule has 1 aromatic heterocycles. The van der Waals surface area contributed by atoms with Crippen LogP contribution in [0, 0.1) is 5.92 Å². The van der Waals surface area contributed by atoms with Crippen LogP contribution >= 0.6 is 0 Å². The number of anilines is 1. The first-order valence-corrected chi connectivity index (χ1v) is 6.78. The van der Waals surface area contributed by atoms with Crippen molar-refractivity contribution < 1.29 is 0 Å². The maximum Gasteiger partial charge on any atom is 0.112 e. The van der Waals surface area contributed by atoms with E-state index in [1.54, 1.807) is 0 Å². The summed E-state index contributed by atoms with van der Waals surface area (Å²) in [5.41, 5.74) is 8.84. The number of nitrogen functional groups attached to an aromatic ring is 1. The lowest BCUT2D eigenvalue weighted by Gasteiger charge is -2.15. The minimum atomic E-state index is 0.433. The molecule has 0 aliphatic rings. The Labute approximate surface area is 109 Å². The molecule has 0 fully saturated rings. The predicted molar refractivity (Wildman–Crippen MR) is 77.7 cm³/mol. The molecule has 18 heavy (non-hydrogen) atoms. The SMILES string of the molecule is CCC(C)Cn1c(C(C)C)nc2cc(N)ccc21. The van der Waals surface area contributed by atoms with Crippen LogP contribution in [0.25, 0.3) is 11.0 Å². The summed E-state index contributed by atoms with van der Waals surface area (Å²) in [5.74, 6) is 2.26. The summed E-state index contributed by atoms with van der Waals surface area (Å²) in [5, 5.41) is 0. The van der Waals surface area contributed by atoms with E-state index >= 15 is 0 Å². The average molecular weight is 245 g/mol. The fourth-order valence-electron chi connectivity index (χ4n) is 2.24. The van der Waals surface area contributed by atoms with E-state index in [4.69, 9.17) is 10.7 Å². The highest BCUT2D eigenvalue weighted by Crippen LogP contribution is 2.25. The molecule has 0 aliphatic carbocycles. The van der Waals surface area contributed by atoms with E-state index in [0.717, 1.165) is 23.6 Å². The summed E-state index contributed by atoms with van der Waals surface area (Å²) >= 11 is 0. The number of nitrogens with two attached hydrogens (primary N) is 1. The summed E-state index contributed by atoms with van der Waals surface area (Å²) in [6.07, 6.45) is 1.19. The molecule has 2 rings (SSSR count). The van der Waals surface area contributed by atoms with Crippen molar-refractivity contribution in [1.82, 2.24) is 9.55 Å². The number of aromatic nitrogens is 2. The van der Waals surface area contributed by atoms with Crippen LogP contribution < -0.4 is 5.73 Å². The molecule has 3 nitrogen and oxygen atoms in total. The van der Waals surface area contributed by atoms with E-state index in [1.165, 1.54) is 11.9 Å². The van der Waals surface area contributed by atoms with Gasteiger partial charge in [-0.3, -0.25) is 0 Å². The van der Waals surface area contributed by atoms with Crippen LogP contribution in [0.4, 0.5) is 5.69 Å². The Morgan fingerprint density at radius 1 is 1.28 bits per heavy atom. The van der Waals surface area contributed by atoms with Crippen molar-refractivity contribution in [3.05, 3.63) is 24.0 Å². The fourth-order valence-corrected chi connectivity index (χ4v) is 2.24. The van der Waals surface area contributed by atoms with Crippen molar-refractivity contribution in [2.45, 2.75) is 46.6 Å². The molecule has 0 radical (unpaired) electrons. The lowest BCUT2D eigenvalue weighted by molar-refractivity contribution is 0.460. The second-order valence-corrected chi connectivity index (χ2v) is 5.50. The summed E-state index contributed by atoms with van der Waals surface area (Å²) in [4.78, 5) is 4.74. The normalized spacial score (nSPS) is 13.4. The number of hydrogen-bond donors (Lipinski definition) is 1. The van der Waals surface area contributed by atoms with Crippen LogP contribution in [-0.2, 0) is 6.54 Å². The first kappa shape index (κ1) is 12.9. The topological polar surface area (TPSA) is 43.8 Å². The lowest BCUT2D eigenvalue weighted by Crippen LogP contribution is -2.11. The van der Waals surface area contributed by atoms with Crippen LogP contribution in [0.15, 0.2) is 18.2 Å². The third-order valence-electron chi connectivity index (χ3n) is 3.51. The number of fused-ring (bicyclic) bond motifs is 1. The second kappa shape index (κ2) is 5.01. The first-order valence-electron chi connectivity index (χ1n) is 6.78. The summed E-state index contributed by atoms with van der Waals surface area (Å²) in [6.45, 7) is 9.93. The van der Waals surface area contributed by atoms with Crippen molar-refractivity contribution in [2.24, 2.45) is 5.92 Å². The number of hydrogen-bond acceptors (Lipinski definition) is 2. The Bertz CT molecular complexity index is 540. The van der Waals surface area contributed by atoms with Crippen molar-refractivity contribution >= 4 is 16.7 Å². The van der Waals surface area contributed by atoms with E-state index in [-0.39, 0.29) is 0 Å². The third kappa shape index (κ3) is 2.35. The highest BCUT2D eigenvalue weighted by Gasteiger charge is 2.15. The van der Waals surface area contributed by atoms with Crippen molar-refractivity contribution in [3.8, 4) is 0 Å². The van der Waals surface area contributed by atoms with Crippen molar-refractivity contribution in [1.29, 1.82) is 0 Å². The standard InChI is InChI=1S/C15H23N3/c1-5-11(4)9-18-14-7-6-12(16)8-13(14)17-15(18)10(2)3/h6-8,10-11H,5,9,16H2,1-4H3. The molecule has 3 heteroatoms. The van der Waals surface area contributed by atoms with Gasteiger partial charge in [0.25, 0.3) is 0 Å². The van der Waals surface area contributed by atoms with Gasteiger partial charge in [-0.05, 0) is 24.1 Å². The van der Waals surface area contributed by atoms with E-state index < -0.39 is 0 Å². The van der Waals surface area contributed by atoms with E-state index in [2.05, 4.69) is 38.3 Å². The van der Waals surface area contributed by atoms with Crippen LogP contribution in [0.1, 0.15) is 45.9 Å². The van der Waals surface area contributed by atoms with Crippen LogP contribution in [-0.4, -0.2) is 9.55 Å². The molecule has 1 heterocycles. The van der Waals surface area contributed by atoms with Gasteiger partial charge in [0.15, 0.2) is 0 Å². The third-order valence-corrected chi connectivity index (χ3v) is 3.51. The molecule has 98 valence electrons. The Kier molecular flexibility index (Phi) is 3.60. The summed E-state index contributed by atoms with van der Waals surface area (Å²) in [7, 11) is 0. The average Bonchev–Trinajstić information content (AvgIpc) is 2.67. The number of benzene rings is 1. The van der Waals surface area contributed by atoms with Crippen LogP contribution in [0.5, 0.6) is 0 Å². The van der Waals surface area contributed by atoms with Gasteiger partial charge in [0.1, 0.15) is 5.82 Å². The zero-order valence-corrected chi connectivity index (χ0v) is 11.8. The molecule has 2 aromatic rings. The molecule has 0 bridgehead atoms. The first-order chi connectivity index (χ1) is 8.52. The molecular weight excluding hydrogens is 222 g/mol. The quantitative estimate of drug-likeness (QED) is 0.833. The molecule has 1 atom stereocenters. The van der Waals surface area contributed by atoms with Gasteiger partial charge in [-0.1, -0.05) is 34.1 Å². The van der Waals surface area contributed by atoms with Gasteiger partial charge in [0.05, 0.1) is 11.0 Å². The Balaban J connectivity index is 2.55. The molecule has 1 unspecified atom stereocenters. The van der Waals surface area contributed by atoms with Gasteiger partial charge in [0, 0.05) is 18.2 Å². The molecule has 0 aliphatic heterocycles. The van der Waals surface area contributed by atoms with Gasteiger partial charge in [-0.25, -0.2) is 4.98 Å². The van der Waals surface area contributed by atoms with E-state index in [1.807, 2.05) is 12.1 Å². The maximum atomic E-state index is 5.84. The second-order valence-electron chi connectivity index (χ2n) is 5.50. The Morgan fingerprint density at radius 3 is 2.61 bits per heavy atom. The highest BCUT2D eigenvalue weighted by molar-refractivity contribution is 5.79. The smallest absolute Gasteiger partial charge is 0.112 e. The van der Waals surface area contributed by atoms with Gasteiger partial charge in [-0.2, -0.15) is 0 Å². The number of rotatable bonds is 4. The molecule has 2 N–H and O–H groups in total. The molecule has 0 amide bonds. The predicted octanol–water partition coefficient (Wildman–Crippen LogP) is 3.79. The van der Waals surface area contributed by atoms with E-state index in [0.29, 0.717) is 11.8 Å². The lowest BCUT2D eigenvalue weighted by atomic mass is 10.1. The molecule has 0 saturated carbocycles. The monoisotopic (exact) mass is 245 g/mol. The maximum absolute atomic E-state index is 5.84. The molecule has 0 saturated heterocycles. The Hall–Kier alpha value is -1.51. The zero-order valence-electron chi connectivity index (χ0n) is 11.8. The molecule has 0 spiro atoms. The Morgan fingerprint density at radius 2 is 2.00 bits per heavy atom.